The molecule has 0 aromatic heterocycles. The zero-order chi connectivity index (χ0) is 16.8. The summed E-state index contributed by atoms with van der Waals surface area (Å²) in [6.07, 6.45) is 0. The van der Waals surface area contributed by atoms with E-state index in [4.69, 9.17) is 0 Å². The Balaban J connectivity index is -0.000000121. The van der Waals surface area contributed by atoms with E-state index in [1.807, 2.05) is 27.7 Å². The first-order chi connectivity index (χ1) is 9.99. The maximum absolute atomic E-state index is 2.20. The van der Waals surface area contributed by atoms with Crippen LogP contribution in [0.1, 0.15) is 70.4 Å². The minimum absolute atomic E-state index is 0. The zero-order valence-electron chi connectivity index (χ0n) is 15.5. The third kappa shape index (κ3) is 15.1. The average molecular weight is 319 g/mol. The fourth-order valence-corrected chi connectivity index (χ4v) is 1.53. The Kier molecular flexibility index (Phi) is 23.7. The molecule has 0 saturated heterocycles. The molecule has 0 N–H and O–H groups in total. The maximum Gasteiger partial charge on any atom is -0.0395 e. The first-order valence-electron chi connectivity index (χ1n) is 8.06. The molecule has 0 unspecified atom stereocenters. The van der Waals surface area contributed by atoms with Gasteiger partial charge in [-0.05, 0) is 45.7 Å². The number of benzene rings is 2. The molecule has 23 heavy (non-hydrogen) atoms. The zero-order valence-corrected chi connectivity index (χ0v) is 15.5. The summed E-state index contributed by atoms with van der Waals surface area (Å²) >= 11 is 0. The van der Waals surface area contributed by atoms with Crippen LogP contribution in [-0.4, -0.2) is 0 Å². The van der Waals surface area contributed by atoms with E-state index >= 15 is 0 Å². The highest BCUT2D eigenvalue weighted by atomic mass is 13.9. The van der Waals surface area contributed by atoms with Gasteiger partial charge in [0.2, 0.25) is 0 Å². The van der Waals surface area contributed by atoms with E-state index in [0.29, 0.717) is 0 Å². The molecule has 0 heteroatoms. The third-order valence-electron chi connectivity index (χ3n) is 2.88. The minimum atomic E-state index is 0. The van der Waals surface area contributed by atoms with E-state index in [0.717, 1.165) is 0 Å². The van der Waals surface area contributed by atoms with Crippen molar-refractivity contribution in [3.05, 3.63) is 70.3 Å². The molecule has 2 rings (SSSR count). The van der Waals surface area contributed by atoms with Gasteiger partial charge in [0.1, 0.15) is 0 Å². The van der Waals surface area contributed by atoms with Gasteiger partial charge in [-0.1, -0.05) is 102 Å². The second-order valence-electron chi connectivity index (χ2n) is 4.74. The first kappa shape index (κ1) is 29.5. The van der Waals surface area contributed by atoms with Crippen molar-refractivity contribution in [2.24, 2.45) is 0 Å². The lowest BCUT2D eigenvalue weighted by Crippen LogP contribution is -1.79. The van der Waals surface area contributed by atoms with Gasteiger partial charge in [-0.15, -0.1) is 0 Å². The number of hydrogen-bond acceptors (Lipinski definition) is 0. The van der Waals surface area contributed by atoms with Gasteiger partial charge in [0.15, 0.2) is 0 Å². The van der Waals surface area contributed by atoms with Crippen LogP contribution in [0.25, 0.3) is 0 Å². The predicted octanol–water partition coefficient (Wildman–Crippen LogP) is 8.24. The van der Waals surface area contributed by atoms with Crippen LogP contribution in [0.3, 0.4) is 0 Å². The predicted molar refractivity (Wildman–Crippen MR) is 113 cm³/mol. The van der Waals surface area contributed by atoms with Crippen molar-refractivity contribution in [3.63, 3.8) is 0 Å². The molecule has 0 amide bonds. The second kappa shape index (κ2) is 18.5. The monoisotopic (exact) mass is 318 g/mol. The number of rotatable bonds is 0. The van der Waals surface area contributed by atoms with Gasteiger partial charge in [0.05, 0.1) is 0 Å². The SMILES string of the molecule is C.C.CC.CC.Cc1ccc(C)c(C)c1.Cc1ccc(C)cc1. The van der Waals surface area contributed by atoms with E-state index in [1.165, 1.54) is 27.8 Å². The second-order valence-corrected chi connectivity index (χ2v) is 4.74. The Labute approximate surface area is 148 Å². The molecule has 0 bridgehead atoms. The van der Waals surface area contributed by atoms with E-state index in [-0.39, 0.29) is 14.9 Å². The summed E-state index contributed by atoms with van der Waals surface area (Å²) in [5.41, 5.74) is 6.76. The molecule has 2 aromatic rings. The molecule has 0 atom stereocenters. The smallest absolute Gasteiger partial charge is 0.0395 e. The molecule has 2 aromatic carbocycles. The Hall–Kier alpha value is -1.56. The highest BCUT2D eigenvalue weighted by Gasteiger charge is 1.89. The van der Waals surface area contributed by atoms with Gasteiger partial charge in [-0.2, -0.15) is 0 Å². The Morgan fingerprint density at radius 1 is 0.435 bits per heavy atom. The molecule has 0 aliphatic rings. The Morgan fingerprint density at radius 2 is 0.739 bits per heavy atom. The van der Waals surface area contributed by atoms with Crippen LogP contribution >= 0.6 is 0 Å². The Morgan fingerprint density at radius 3 is 1.00 bits per heavy atom. The third-order valence-corrected chi connectivity index (χ3v) is 2.88. The molecule has 0 fully saturated rings. The average Bonchev–Trinajstić information content (AvgIpc) is 2.51. The van der Waals surface area contributed by atoms with Crippen LogP contribution in [0.5, 0.6) is 0 Å². The van der Waals surface area contributed by atoms with Gasteiger partial charge in [0, 0.05) is 0 Å². The molecule has 0 radical (unpaired) electrons. The van der Waals surface area contributed by atoms with Gasteiger partial charge in [-0.3, -0.25) is 0 Å². The number of hydrogen-bond donors (Lipinski definition) is 0. The lowest BCUT2D eigenvalue weighted by atomic mass is 10.1. The van der Waals surface area contributed by atoms with Gasteiger partial charge in [0.25, 0.3) is 0 Å². The molecule has 0 saturated carbocycles. The van der Waals surface area contributed by atoms with Gasteiger partial charge < -0.3 is 0 Å². The molecule has 0 nitrogen and oxygen atoms in total. The van der Waals surface area contributed by atoms with Crippen LogP contribution in [0.4, 0.5) is 0 Å². The summed E-state index contributed by atoms with van der Waals surface area (Å²) < 4.78 is 0. The van der Waals surface area contributed by atoms with Crippen LogP contribution in [-0.2, 0) is 0 Å². The minimum Gasteiger partial charge on any atom is -0.0776 e. The molecule has 0 spiro atoms. The molecule has 0 aliphatic heterocycles. The van der Waals surface area contributed by atoms with Crippen LogP contribution in [0, 0.1) is 34.6 Å². The van der Waals surface area contributed by atoms with Crippen LogP contribution < -0.4 is 0 Å². The van der Waals surface area contributed by atoms with Gasteiger partial charge >= 0.3 is 0 Å². The summed E-state index contributed by atoms with van der Waals surface area (Å²) in [7, 11) is 0. The standard InChI is InChI=1S/C9H12.C8H10.2C2H6.2CH4/c1-7-4-5-8(2)9(3)6-7;1-7-3-5-8(2)6-4-7;2*1-2;;/h4-6H,1-3H3;3-6H,1-2H3;2*1-2H3;2*1H4. The maximum atomic E-state index is 2.20. The normalized spacial score (nSPS) is 7.52. The highest BCUT2D eigenvalue weighted by Crippen LogP contribution is 2.07. The van der Waals surface area contributed by atoms with Crippen molar-refractivity contribution < 1.29 is 0 Å². The lowest BCUT2D eigenvalue weighted by Gasteiger charge is -1.98. The largest absolute Gasteiger partial charge is 0.0776 e. The van der Waals surface area contributed by atoms with Crippen LogP contribution in [0.15, 0.2) is 42.5 Å². The Bertz CT molecular complexity index is 443. The van der Waals surface area contributed by atoms with Crippen molar-refractivity contribution in [2.75, 3.05) is 0 Å². The fraction of sp³-hybridized carbons (Fsp3) is 0.478. The summed E-state index contributed by atoms with van der Waals surface area (Å²) in [5, 5.41) is 0. The molecular formula is C23H42. The van der Waals surface area contributed by atoms with E-state index in [9.17, 15) is 0 Å². The highest BCUT2D eigenvalue weighted by molar-refractivity contribution is 5.28. The van der Waals surface area contributed by atoms with Crippen molar-refractivity contribution in [1.29, 1.82) is 0 Å². The molecular weight excluding hydrogens is 276 g/mol. The van der Waals surface area contributed by atoms with Crippen molar-refractivity contribution in [3.8, 4) is 0 Å². The van der Waals surface area contributed by atoms with E-state index < -0.39 is 0 Å². The topological polar surface area (TPSA) is 0 Å². The summed E-state index contributed by atoms with van der Waals surface area (Å²) in [6.45, 7) is 18.6. The molecule has 0 aliphatic carbocycles. The number of aryl methyl sites for hydroxylation is 5. The molecule has 134 valence electrons. The van der Waals surface area contributed by atoms with Crippen molar-refractivity contribution in [2.45, 2.75) is 77.2 Å². The molecule has 0 heterocycles. The van der Waals surface area contributed by atoms with Crippen molar-refractivity contribution >= 4 is 0 Å². The van der Waals surface area contributed by atoms with E-state index in [2.05, 4.69) is 77.1 Å². The van der Waals surface area contributed by atoms with Crippen molar-refractivity contribution in [1.82, 2.24) is 0 Å². The van der Waals surface area contributed by atoms with Gasteiger partial charge in [-0.25, -0.2) is 0 Å². The summed E-state index contributed by atoms with van der Waals surface area (Å²) in [6, 6.07) is 15.0. The fourth-order valence-electron chi connectivity index (χ4n) is 1.53. The van der Waals surface area contributed by atoms with E-state index in [1.54, 1.807) is 0 Å². The summed E-state index contributed by atoms with van der Waals surface area (Å²) in [5.74, 6) is 0. The quantitative estimate of drug-likeness (QED) is 0.458. The first-order valence-corrected chi connectivity index (χ1v) is 8.06. The lowest BCUT2D eigenvalue weighted by molar-refractivity contribution is 1.30. The van der Waals surface area contributed by atoms with Crippen LogP contribution in [0.2, 0.25) is 0 Å². The summed E-state index contributed by atoms with van der Waals surface area (Å²) in [4.78, 5) is 0.